The second-order valence-corrected chi connectivity index (χ2v) is 6.21. The Morgan fingerprint density at radius 2 is 2.00 bits per heavy atom. The summed E-state index contributed by atoms with van der Waals surface area (Å²) in [6.45, 7) is 1.70. The summed E-state index contributed by atoms with van der Waals surface area (Å²) in [7, 11) is 0. The van der Waals surface area contributed by atoms with Crippen LogP contribution in [0.1, 0.15) is 51.4 Å². The van der Waals surface area contributed by atoms with Crippen LogP contribution in [-0.4, -0.2) is 30.5 Å². The predicted octanol–water partition coefficient (Wildman–Crippen LogP) is 2.86. The van der Waals surface area contributed by atoms with Gasteiger partial charge in [-0.3, -0.25) is 4.79 Å². The molecule has 3 nitrogen and oxygen atoms in total. The number of alkyl halides is 1. The van der Waals surface area contributed by atoms with E-state index in [-0.39, 0.29) is 5.91 Å². The summed E-state index contributed by atoms with van der Waals surface area (Å²) in [5.41, 5.74) is 0. The minimum atomic E-state index is 0.179. The van der Waals surface area contributed by atoms with Gasteiger partial charge < -0.3 is 10.1 Å². The van der Waals surface area contributed by atoms with Crippen molar-refractivity contribution < 1.29 is 9.53 Å². The van der Waals surface area contributed by atoms with Gasteiger partial charge in [0, 0.05) is 24.9 Å². The van der Waals surface area contributed by atoms with E-state index in [2.05, 4.69) is 5.32 Å². The van der Waals surface area contributed by atoms with E-state index in [1.165, 1.54) is 0 Å². The fourth-order valence-electron chi connectivity index (χ4n) is 2.84. The Morgan fingerprint density at radius 1 is 1.22 bits per heavy atom. The molecule has 4 heteroatoms. The Bertz CT molecular complexity index is 259. The van der Waals surface area contributed by atoms with Crippen LogP contribution in [0.3, 0.4) is 0 Å². The van der Waals surface area contributed by atoms with Crippen LogP contribution in [0.15, 0.2) is 0 Å². The molecular weight excluding hydrogens is 250 g/mol. The number of halogens is 1. The largest absolute Gasteiger partial charge is 0.378 e. The molecule has 0 aromatic rings. The van der Waals surface area contributed by atoms with E-state index in [1.54, 1.807) is 0 Å². The highest BCUT2D eigenvalue weighted by Gasteiger charge is 2.20. The fourth-order valence-corrected chi connectivity index (χ4v) is 3.09. The van der Waals surface area contributed by atoms with E-state index >= 15 is 0 Å². The van der Waals surface area contributed by atoms with Crippen LogP contribution < -0.4 is 5.32 Å². The van der Waals surface area contributed by atoms with Gasteiger partial charge in [0.25, 0.3) is 0 Å². The SMILES string of the molecule is O=C(CCC1CCCO1)NCC1CCC(Cl)CC1. The zero-order chi connectivity index (χ0) is 12.8. The summed E-state index contributed by atoms with van der Waals surface area (Å²) in [5, 5.41) is 3.41. The molecule has 1 aliphatic heterocycles. The third-order valence-corrected chi connectivity index (χ3v) is 4.52. The minimum Gasteiger partial charge on any atom is -0.378 e. The van der Waals surface area contributed by atoms with Gasteiger partial charge in [-0.15, -0.1) is 11.6 Å². The maximum absolute atomic E-state index is 11.7. The third-order valence-electron chi connectivity index (χ3n) is 4.08. The number of carbonyl (C=O) groups excluding carboxylic acids is 1. The highest BCUT2D eigenvalue weighted by atomic mass is 35.5. The number of ether oxygens (including phenoxy) is 1. The van der Waals surface area contributed by atoms with Crippen molar-refractivity contribution in [2.75, 3.05) is 13.2 Å². The smallest absolute Gasteiger partial charge is 0.220 e. The topological polar surface area (TPSA) is 38.3 Å². The number of rotatable bonds is 5. The van der Waals surface area contributed by atoms with Crippen LogP contribution in [0.25, 0.3) is 0 Å². The highest BCUT2D eigenvalue weighted by molar-refractivity contribution is 6.20. The molecule has 0 aromatic heterocycles. The predicted molar refractivity (Wildman–Crippen MR) is 72.8 cm³/mol. The molecule has 18 heavy (non-hydrogen) atoms. The fraction of sp³-hybridized carbons (Fsp3) is 0.929. The van der Waals surface area contributed by atoms with Crippen molar-refractivity contribution in [2.24, 2.45) is 5.92 Å². The molecule has 1 N–H and O–H groups in total. The molecule has 0 aromatic carbocycles. The number of hydrogen-bond donors (Lipinski definition) is 1. The molecule has 0 radical (unpaired) electrons. The summed E-state index contributed by atoms with van der Waals surface area (Å²) >= 11 is 6.07. The van der Waals surface area contributed by atoms with Gasteiger partial charge in [-0.1, -0.05) is 0 Å². The Balaban J connectivity index is 1.54. The Kier molecular flexibility index (Phi) is 5.77. The van der Waals surface area contributed by atoms with Crippen LogP contribution >= 0.6 is 11.6 Å². The lowest BCUT2D eigenvalue weighted by Crippen LogP contribution is -2.31. The lowest BCUT2D eigenvalue weighted by atomic mass is 9.89. The normalized spacial score (nSPS) is 32.4. The zero-order valence-electron chi connectivity index (χ0n) is 11.0. The van der Waals surface area contributed by atoms with Crippen LogP contribution in [0, 0.1) is 5.92 Å². The third kappa shape index (κ3) is 4.77. The van der Waals surface area contributed by atoms with Gasteiger partial charge in [-0.2, -0.15) is 0 Å². The highest BCUT2D eigenvalue weighted by Crippen LogP contribution is 2.27. The van der Waals surface area contributed by atoms with Crippen molar-refractivity contribution in [3.8, 4) is 0 Å². The molecule has 1 saturated heterocycles. The minimum absolute atomic E-state index is 0.179. The first-order valence-electron chi connectivity index (χ1n) is 7.26. The van der Waals surface area contributed by atoms with Gasteiger partial charge in [-0.05, 0) is 50.9 Å². The van der Waals surface area contributed by atoms with E-state index in [9.17, 15) is 4.79 Å². The van der Waals surface area contributed by atoms with Crippen molar-refractivity contribution in [2.45, 2.75) is 62.8 Å². The molecule has 1 heterocycles. The van der Waals surface area contributed by atoms with E-state index in [0.717, 1.165) is 58.1 Å². The van der Waals surface area contributed by atoms with E-state index in [4.69, 9.17) is 16.3 Å². The molecule has 2 rings (SSSR count). The molecule has 1 saturated carbocycles. The van der Waals surface area contributed by atoms with E-state index in [0.29, 0.717) is 23.8 Å². The average Bonchev–Trinajstić information content (AvgIpc) is 2.89. The van der Waals surface area contributed by atoms with E-state index in [1.807, 2.05) is 0 Å². The maximum Gasteiger partial charge on any atom is 0.220 e. The van der Waals surface area contributed by atoms with Gasteiger partial charge >= 0.3 is 0 Å². The first-order valence-corrected chi connectivity index (χ1v) is 7.70. The van der Waals surface area contributed by atoms with Gasteiger partial charge in [-0.25, -0.2) is 0 Å². The van der Waals surface area contributed by atoms with Gasteiger partial charge in [0.2, 0.25) is 5.91 Å². The van der Waals surface area contributed by atoms with Crippen molar-refractivity contribution in [3.63, 3.8) is 0 Å². The summed E-state index contributed by atoms with van der Waals surface area (Å²) < 4.78 is 5.51. The van der Waals surface area contributed by atoms with Crippen molar-refractivity contribution in [1.29, 1.82) is 0 Å². The van der Waals surface area contributed by atoms with Crippen LogP contribution in [-0.2, 0) is 9.53 Å². The molecule has 0 bridgehead atoms. The second kappa shape index (κ2) is 7.34. The molecule has 1 amide bonds. The summed E-state index contributed by atoms with van der Waals surface area (Å²) in [6, 6.07) is 0. The molecule has 1 unspecified atom stereocenters. The van der Waals surface area contributed by atoms with E-state index < -0.39 is 0 Å². The maximum atomic E-state index is 11.7. The Hall–Kier alpha value is -0.280. The second-order valence-electron chi connectivity index (χ2n) is 5.60. The Morgan fingerprint density at radius 3 is 2.67 bits per heavy atom. The van der Waals surface area contributed by atoms with Crippen LogP contribution in [0.4, 0.5) is 0 Å². The molecule has 104 valence electrons. The molecular formula is C14H24ClNO2. The number of nitrogens with one attached hydrogen (secondary N) is 1. The summed E-state index contributed by atoms with van der Waals surface area (Å²) in [4.78, 5) is 11.7. The van der Waals surface area contributed by atoms with Crippen molar-refractivity contribution >= 4 is 17.5 Å². The standard InChI is InChI=1S/C14H24ClNO2/c15-12-5-3-11(4-6-12)10-16-14(17)8-7-13-2-1-9-18-13/h11-13H,1-10H2,(H,16,17). The van der Waals surface area contributed by atoms with Gasteiger partial charge in [0.05, 0.1) is 6.10 Å². The Labute approximate surface area is 115 Å². The molecule has 2 fully saturated rings. The van der Waals surface area contributed by atoms with Crippen molar-refractivity contribution in [3.05, 3.63) is 0 Å². The summed E-state index contributed by atoms with van der Waals surface area (Å²) in [5.74, 6) is 0.810. The zero-order valence-corrected chi connectivity index (χ0v) is 11.8. The first kappa shape index (κ1) is 14.1. The lowest BCUT2D eigenvalue weighted by molar-refractivity contribution is -0.121. The summed E-state index contributed by atoms with van der Waals surface area (Å²) in [6.07, 6.45) is 8.56. The lowest BCUT2D eigenvalue weighted by Gasteiger charge is -2.25. The first-order chi connectivity index (χ1) is 8.74. The number of carbonyl (C=O) groups is 1. The average molecular weight is 274 g/mol. The van der Waals surface area contributed by atoms with Crippen LogP contribution in [0.2, 0.25) is 0 Å². The van der Waals surface area contributed by atoms with Crippen molar-refractivity contribution in [1.82, 2.24) is 5.32 Å². The molecule has 0 spiro atoms. The molecule has 1 atom stereocenters. The quantitative estimate of drug-likeness (QED) is 0.783. The van der Waals surface area contributed by atoms with Crippen LogP contribution in [0.5, 0.6) is 0 Å². The van der Waals surface area contributed by atoms with Gasteiger partial charge in [0.15, 0.2) is 0 Å². The number of amides is 1. The monoisotopic (exact) mass is 273 g/mol. The molecule has 2 aliphatic rings. The molecule has 1 aliphatic carbocycles. The van der Waals surface area contributed by atoms with Gasteiger partial charge in [0.1, 0.15) is 0 Å². The number of hydrogen-bond acceptors (Lipinski definition) is 2.